The number of ketones is 2. The standard InChI is InChI=1S/C19H28O5/c1-18-6-4-12-10(11(18)2-3-15(18)23)8-14(22)16-17(24)13(21)5-7-19(12,16)9-20/h10-13,16-17,20-21,24H,2-9H2,1H3/t10-,11-,12-,13-,16-,17?,18-,19-/m0/s1. The van der Waals surface area contributed by atoms with E-state index in [-0.39, 0.29) is 35.6 Å². The van der Waals surface area contributed by atoms with Crippen LogP contribution in [-0.4, -0.2) is 45.7 Å². The number of carbonyl (C=O) groups is 2. The topological polar surface area (TPSA) is 94.8 Å². The van der Waals surface area contributed by atoms with Gasteiger partial charge in [-0.3, -0.25) is 9.59 Å². The van der Waals surface area contributed by atoms with E-state index < -0.39 is 23.5 Å². The molecule has 0 saturated heterocycles. The Balaban J connectivity index is 1.74. The number of hydrogen-bond donors (Lipinski definition) is 3. The van der Waals surface area contributed by atoms with Crippen molar-refractivity contribution in [3.05, 3.63) is 0 Å². The average Bonchev–Trinajstić information content (AvgIpc) is 2.86. The number of aliphatic hydroxyl groups is 3. The molecule has 0 amide bonds. The van der Waals surface area contributed by atoms with Crippen LogP contribution >= 0.6 is 0 Å². The Labute approximate surface area is 142 Å². The molecule has 4 rings (SSSR count). The first kappa shape index (κ1) is 16.7. The Hall–Kier alpha value is -0.780. The van der Waals surface area contributed by atoms with Crippen LogP contribution in [0.2, 0.25) is 0 Å². The summed E-state index contributed by atoms with van der Waals surface area (Å²) in [6, 6.07) is 0. The fourth-order valence-corrected chi connectivity index (χ4v) is 6.94. The lowest BCUT2D eigenvalue weighted by Gasteiger charge is -2.60. The molecule has 4 aliphatic rings. The summed E-state index contributed by atoms with van der Waals surface area (Å²) in [5.74, 6) is 0.165. The molecule has 0 aromatic heterocycles. The Morgan fingerprint density at radius 3 is 2.54 bits per heavy atom. The third-order valence-corrected chi connectivity index (χ3v) is 8.22. The summed E-state index contributed by atoms with van der Waals surface area (Å²) in [6.07, 6.45) is 2.54. The molecule has 0 aliphatic heterocycles. The zero-order chi connectivity index (χ0) is 17.3. The summed E-state index contributed by atoms with van der Waals surface area (Å²) in [6.45, 7) is 1.94. The van der Waals surface area contributed by atoms with Gasteiger partial charge in [0.25, 0.3) is 0 Å². The summed E-state index contributed by atoms with van der Waals surface area (Å²) in [7, 11) is 0. The maximum absolute atomic E-state index is 12.9. The number of aliphatic hydroxyl groups excluding tert-OH is 3. The molecule has 0 radical (unpaired) electrons. The molecule has 5 heteroatoms. The summed E-state index contributed by atoms with van der Waals surface area (Å²) in [4.78, 5) is 25.3. The maximum Gasteiger partial charge on any atom is 0.139 e. The third-order valence-electron chi connectivity index (χ3n) is 8.22. The second-order valence-electron chi connectivity index (χ2n) is 8.93. The van der Waals surface area contributed by atoms with Gasteiger partial charge in [-0.2, -0.15) is 0 Å². The van der Waals surface area contributed by atoms with Gasteiger partial charge in [0.2, 0.25) is 0 Å². The van der Waals surface area contributed by atoms with Gasteiger partial charge >= 0.3 is 0 Å². The normalized spacial score (nSPS) is 54.2. The van der Waals surface area contributed by atoms with Crippen molar-refractivity contribution in [1.29, 1.82) is 0 Å². The van der Waals surface area contributed by atoms with E-state index in [1.165, 1.54) is 0 Å². The molecule has 0 bridgehead atoms. The molecule has 8 atom stereocenters. The first-order valence-corrected chi connectivity index (χ1v) is 9.38. The van der Waals surface area contributed by atoms with Gasteiger partial charge in [0.05, 0.1) is 18.1 Å². The highest BCUT2D eigenvalue weighted by Crippen LogP contribution is 2.64. The SMILES string of the molecule is C[C@]12CC[C@H]3[C@@H](CC(=O)[C@H]4C(O)[C@@H](O)CC[C@@]43CO)[C@@H]1CCC2=O. The first-order valence-electron chi connectivity index (χ1n) is 9.38. The van der Waals surface area contributed by atoms with E-state index in [2.05, 4.69) is 6.92 Å². The van der Waals surface area contributed by atoms with E-state index in [1.54, 1.807) is 0 Å². The smallest absolute Gasteiger partial charge is 0.139 e. The lowest BCUT2D eigenvalue weighted by molar-refractivity contribution is -0.194. The number of rotatable bonds is 1. The van der Waals surface area contributed by atoms with Crippen LogP contribution in [0.25, 0.3) is 0 Å². The van der Waals surface area contributed by atoms with E-state index in [0.29, 0.717) is 31.5 Å². The molecule has 1 unspecified atom stereocenters. The summed E-state index contributed by atoms with van der Waals surface area (Å²) < 4.78 is 0. The molecule has 134 valence electrons. The molecule has 0 aromatic carbocycles. The van der Waals surface area contributed by atoms with Gasteiger partial charge in [-0.1, -0.05) is 6.92 Å². The molecular weight excluding hydrogens is 308 g/mol. The molecule has 4 saturated carbocycles. The van der Waals surface area contributed by atoms with Crippen LogP contribution in [0.1, 0.15) is 51.9 Å². The van der Waals surface area contributed by atoms with Crippen molar-refractivity contribution < 1.29 is 24.9 Å². The minimum Gasteiger partial charge on any atom is -0.396 e. The highest BCUT2D eigenvalue weighted by Gasteiger charge is 2.65. The minimum atomic E-state index is -1.07. The lowest BCUT2D eigenvalue weighted by atomic mass is 9.44. The Bertz CT molecular complexity index is 574. The van der Waals surface area contributed by atoms with Gasteiger partial charge in [0.15, 0.2) is 0 Å². The van der Waals surface area contributed by atoms with Gasteiger partial charge in [-0.25, -0.2) is 0 Å². The van der Waals surface area contributed by atoms with Crippen molar-refractivity contribution in [2.75, 3.05) is 6.61 Å². The third kappa shape index (κ3) is 1.92. The Morgan fingerprint density at radius 2 is 1.83 bits per heavy atom. The number of Topliss-reactive ketones (excluding diaryl/α,β-unsaturated/α-hetero) is 2. The van der Waals surface area contributed by atoms with Gasteiger partial charge < -0.3 is 15.3 Å². The van der Waals surface area contributed by atoms with Crippen LogP contribution in [0.15, 0.2) is 0 Å². The summed E-state index contributed by atoms with van der Waals surface area (Å²) >= 11 is 0. The van der Waals surface area contributed by atoms with Crippen molar-refractivity contribution >= 4 is 11.6 Å². The number of carbonyl (C=O) groups excluding carboxylic acids is 2. The molecule has 4 fully saturated rings. The van der Waals surface area contributed by atoms with E-state index in [4.69, 9.17) is 0 Å². The van der Waals surface area contributed by atoms with Crippen LogP contribution in [0, 0.1) is 34.5 Å². The van der Waals surface area contributed by atoms with Gasteiger partial charge in [-0.15, -0.1) is 0 Å². The maximum atomic E-state index is 12.9. The second-order valence-corrected chi connectivity index (χ2v) is 8.93. The van der Waals surface area contributed by atoms with Gasteiger partial charge in [0.1, 0.15) is 11.6 Å². The molecule has 24 heavy (non-hydrogen) atoms. The van der Waals surface area contributed by atoms with Crippen molar-refractivity contribution in [2.45, 2.75) is 64.1 Å². The van der Waals surface area contributed by atoms with E-state index in [0.717, 1.165) is 19.3 Å². The first-order chi connectivity index (χ1) is 11.3. The molecule has 3 N–H and O–H groups in total. The predicted octanol–water partition coefficient (Wildman–Crippen LogP) is 1.08. The van der Waals surface area contributed by atoms with Crippen molar-refractivity contribution in [2.24, 2.45) is 34.5 Å². The van der Waals surface area contributed by atoms with Crippen molar-refractivity contribution in [3.63, 3.8) is 0 Å². The fourth-order valence-electron chi connectivity index (χ4n) is 6.94. The summed E-state index contributed by atoms with van der Waals surface area (Å²) in [5, 5.41) is 30.8. The Kier molecular flexibility index (Phi) is 3.72. The zero-order valence-electron chi connectivity index (χ0n) is 14.3. The van der Waals surface area contributed by atoms with Crippen molar-refractivity contribution in [1.82, 2.24) is 0 Å². The zero-order valence-corrected chi connectivity index (χ0v) is 14.3. The van der Waals surface area contributed by atoms with E-state index in [9.17, 15) is 24.9 Å². The number of fused-ring (bicyclic) bond motifs is 5. The fraction of sp³-hybridized carbons (Fsp3) is 0.895. The Morgan fingerprint density at radius 1 is 1.08 bits per heavy atom. The van der Waals surface area contributed by atoms with Gasteiger partial charge in [-0.05, 0) is 49.9 Å². The van der Waals surface area contributed by atoms with Crippen LogP contribution in [0.5, 0.6) is 0 Å². The molecule has 0 aromatic rings. The second kappa shape index (κ2) is 5.36. The number of hydrogen-bond acceptors (Lipinski definition) is 5. The molecule has 4 aliphatic carbocycles. The highest BCUT2D eigenvalue weighted by atomic mass is 16.3. The van der Waals surface area contributed by atoms with Crippen LogP contribution in [0.4, 0.5) is 0 Å². The predicted molar refractivity (Wildman–Crippen MR) is 85.9 cm³/mol. The molecule has 5 nitrogen and oxygen atoms in total. The van der Waals surface area contributed by atoms with Crippen LogP contribution in [-0.2, 0) is 9.59 Å². The lowest BCUT2D eigenvalue weighted by Crippen LogP contribution is -2.63. The monoisotopic (exact) mass is 336 g/mol. The van der Waals surface area contributed by atoms with Crippen LogP contribution in [0.3, 0.4) is 0 Å². The van der Waals surface area contributed by atoms with Crippen molar-refractivity contribution in [3.8, 4) is 0 Å². The highest BCUT2D eigenvalue weighted by molar-refractivity contribution is 5.88. The van der Waals surface area contributed by atoms with Crippen LogP contribution < -0.4 is 0 Å². The quantitative estimate of drug-likeness (QED) is 0.666. The van der Waals surface area contributed by atoms with Gasteiger partial charge in [0, 0.05) is 30.3 Å². The molecule has 0 heterocycles. The van der Waals surface area contributed by atoms with E-state index >= 15 is 0 Å². The summed E-state index contributed by atoms with van der Waals surface area (Å²) in [5.41, 5.74) is -0.927. The average molecular weight is 336 g/mol. The largest absolute Gasteiger partial charge is 0.396 e. The molecular formula is C19H28O5. The van der Waals surface area contributed by atoms with E-state index in [1.807, 2.05) is 0 Å². The molecule has 0 spiro atoms. The minimum absolute atomic E-state index is 0.0276.